The average Bonchev–Trinajstić information content (AvgIpc) is 2.98. The Morgan fingerprint density at radius 1 is 1.19 bits per heavy atom. The zero-order valence-corrected chi connectivity index (χ0v) is 15.8. The van der Waals surface area contributed by atoms with Crippen LogP contribution < -0.4 is 5.32 Å². The zero-order chi connectivity index (χ0) is 18.4. The summed E-state index contributed by atoms with van der Waals surface area (Å²) in [6.07, 6.45) is 6.64. The van der Waals surface area contributed by atoms with Crippen LogP contribution in [-0.4, -0.2) is 47.6 Å². The van der Waals surface area contributed by atoms with Gasteiger partial charge in [-0.2, -0.15) is 4.31 Å². The van der Waals surface area contributed by atoms with Crippen molar-refractivity contribution in [3.63, 3.8) is 0 Å². The standard InChI is InChI=1S/C16H20N4O4S2/c21-15(18-14-7-10-24-19-14)12-25-16-6-5-13(11-17-16)26(22,23)20-8-3-1-2-4-9-20/h5-7,10-11H,1-4,8-9,12H2,(H,18,19,21). The van der Waals surface area contributed by atoms with E-state index in [0.29, 0.717) is 23.9 Å². The molecule has 140 valence electrons. The SMILES string of the molecule is O=C(CSc1ccc(S(=O)(=O)N2CCCCCC2)cn1)Nc1ccon1. The van der Waals surface area contributed by atoms with Gasteiger partial charge in [-0.1, -0.05) is 29.8 Å². The van der Waals surface area contributed by atoms with E-state index in [1.165, 1.54) is 28.5 Å². The molecule has 0 unspecified atom stereocenters. The minimum absolute atomic E-state index is 0.137. The number of amides is 1. The van der Waals surface area contributed by atoms with Crippen molar-refractivity contribution in [3.05, 3.63) is 30.7 Å². The smallest absolute Gasteiger partial charge is 0.244 e. The van der Waals surface area contributed by atoms with E-state index in [1.807, 2.05) is 0 Å². The first kappa shape index (κ1) is 18.9. The molecule has 8 nitrogen and oxygen atoms in total. The van der Waals surface area contributed by atoms with Crippen LogP contribution in [0.3, 0.4) is 0 Å². The van der Waals surface area contributed by atoms with E-state index in [4.69, 9.17) is 0 Å². The molecule has 0 aromatic carbocycles. The number of carbonyl (C=O) groups excluding carboxylic acids is 1. The number of hydrogen-bond acceptors (Lipinski definition) is 7. The van der Waals surface area contributed by atoms with Crippen molar-refractivity contribution in [2.45, 2.75) is 35.6 Å². The highest BCUT2D eigenvalue weighted by molar-refractivity contribution is 7.99. The number of sulfonamides is 1. The van der Waals surface area contributed by atoms with Crippen LogP contribution in [0.25, 0.3) is 0 Å². The maximum absolute atomic E-state index is 12.7. The lowest BCUT2D eigenvalue weighted by Crippen LogP contribution is -2.32. The van der Waals surface area contributed by atoms with Gasteiger partial charge in [-0.25, -0.2) is 13.4 Å². The molecule has 3 rings (SSSR count). The number of nitrogens with zero attached hydrogens (tertiary/aromatic N) is 3. The molecule has 0 aliphatic carbocycles. The number of aromatic nitrogens is 2. The molecule has 0 bridgehead atoms. The van der Waals surface area contributed by atoms with Crippen molar-refractivity contribution in [1.29, 1.82) is 0 Å². The predicted octanol–water partition coefficient (Wildman–Crippen LogP) is 2.37. The fraction of sp³-hybridized carbons (Fsp3) is 0.438. The molecular weight excluding hydrogens is 376 g/mol. The third-order valence-corrected chi connectivity index (χ3v) is 6.79. The van der Waals surface area contributed by atoms with Crippen LogP contribution in [0.1, 0.15) is 25.7 Å². The fourth-order valence-corrected chi connectivity index (χ4v) is 4.74. The summed E-state index contributed by atoms with van der Waals surface area (Å²) >= 11 is 1.22. The molecular formula is C16H20N4O4S2. The van der Waals surface area contributed by atoms with Gasteiger partial charge in [0.2, 0.25) is 15.9 Å². The Kier molecular flexibility index (Phi) is 6.28. The van der Waals surface area contributed by atoms with Crippen LogP contribution >= 0.6 is 11.8 Å². The molecule has 2 aromatic heterocycles. The monoisotopic (exact) mass is 396 g/mol. The molecule has 0 radical (unpaired) electrons. The van der Waals surface area contributed by atoms with Gasteiger partial charge in [-0.05, 0) is 25.0 Å². The molecule has 10 heteroatoms. The molecule has 1 fully saturated rings. The molecule has 2 aromatic rings. The lowest BCUT2D eigenvalue weighted by atomic mass is 10.2. The molecule has 1 saturated heterocycles. The Morgan fingerprint density at radius 3 is 2.58 bits per heavy atom. The van der Waals surface area contributed by atoms with Crippen LogP contribution in [0.15, 0.2) is 45.1 Å². The van der Waals surface area contributed by atoms with Gasteiger partial charge < -0.3 is 9.84 Å². The van der Waals surface area contributed by atoms with Gasteiger partial charge in [0.15, 0.2) is 5.82 Å². The highest BCUT2D eigenvalue weighted by Crippen LogP contribution is 2.22. The van der Waals surface area contributed by atoms with Gasteiger partial charge in [-0.3, -0.25) is 4.79 Å². The molecule has 1 aliphatic heterocycles. The first-order valence-corrected chi connectivity index (χ1v) is 10.8. The highest BCUT2D eigenvalue weighted by atomic mass is 32.2. The lowest BCUT2D eigenvalue weighted by Gasteiger charge is -2.19. The minimum Gasteiger partial charge on any atom is -0.363 e. The van der Waals surface area contributed by atoms with E-state index in [2.05, 4.69) is 20.0 Å². The van der Waals surface area contributed by atoms with Crippen LogP contribution in [0, 0.1) is 0 Å². The Balaban J connectivity index is 1.58. The molecule has 1 amide bonds. The van der Waals surface area contributed by atoms with E-state index >= 15 is 0 Å². The molecule has 3 heterocycles. The molecule has 0 spiro atoms. The summed E-state index contributed by atoms with van der Waals surface area (Å²) in [7, 11) is -3.50. The van der Waals surface area contributed by atoms with Crippen LogP contribution in [0.2, 0.25) is 0 Å². The lowest BCUT2D eigenvalue weighted by molar-refractivity contribution is -0.113. The molecule has 26 heavy (non-hydrogen) atoms. The topological polar surface area (TPSA) is 105 Å². The second-order valence-corrected chi connectivity index (χ2v) is 8.81. The summed E-state index contributed by atoms with van der Waals surface area (Å²) in [5.41, 5.74) is 0. The second kappa shape index (κ2) is 8.65. The Hall–Kier alpha value is -1.91. The third-order valence-electron chi connectivity index (χ3n) is 3.97. The summed E-state index contributed by atoms with van der Waals surface area (Å²) in [6.45, 7) is 1.11. The maximum atomic E-state index is 12.7. The number of pyridine rings is 1. The normalized spacial score (nSPS) is 16.2. The van der Waals surface area contributed by atoms with Crippen molar-refractivity contribution in [2.75, 3.05) is 24.2 Å². The number of nitrogens with one attached hydrogen (secondary N) is 1. The minimum atomic E-state index is -3.50. The Morgan fingerprint density at radius 2 is 1.96 bits per heavy atom. The summed E-state index contributed by atoms with van der Waals surface area (Å²) in [4.78, 5) is 16.2. The van der Waals surface area contributed by atoms with Crippen molar-refractivity contribution < 1.29 is 17.7 Å². The van der Waals surface area contributed by atoms with Crippen LogP contribution in [0.4, 0.5) is 5.82 Å². The first-order valence-electron chi connectivity index (χ1n) is 8.35. The number of hydrogen-bond donors (Lipinski definition) is 1. The number of anilines is 1. The van der Waals surface area contributed by atoms with Crippen molar-refractivity contribution in [1.82, 2.24) is 14.4 Å². The van der Waals surface area contributed by atoms with Crippen molar-refractivity contribution in [3.8, 4) is 0 Å². The van der Waals surface area contributed by atoms with Gasteiger partial charge in [0.1, 0.15) is 11.2 Å². The second-order valence-electron chi connectivity index (χ2n) is 5.87. The quantitative estimate of drug-likeness (QED) is 0.747. The van der Waals surface area contributed by atoms with Crippen LogP contribution in [-0.2, 0) is 14.8 Å². The predicted molar refractivity (Wildman–Crippen MR) is 97.3 cm³/mol. The van der Waals surface area contributed by atoms with Gasteiger partial charge in [0.25, 0.3) is 0 Å². The summed E-state index contributed by atoms with van der Waals surface area (Å²) in [5.74, 6) is 0.243. The molecule has 0 saturated carbocycles. The summed E-state index contributed by atoms with van der Waals surface area (Å²) in [5, 5.41) is 6.76. The number of rotatable bonds is 6. The maximum Gasteiger partial charge on any atom is 0.244 e. The van der Waals surface area contributed by atoms with Crippen molar-refractivity contribution in [2.24, 2.45) is 0 Å². The molecule has 1 aliphatic rings. The van der Waals surface area contributed by atoms with E-state index in [0.717, 1.165) is 25.7 Å². The molecule has 1 N–H and O–H groups in total. The van der Waals surface area contributed by atoms with Crippen LogP contribution in [0.5, 0.6) is 0 Å². The van der Waals surface area contributed by atoms with Gasteiger partial charge >= 0.3 is 0 Å². The van der Waals surface area contributed by atoms with Gasteiger partial charge in [0.05, 0.1) is 10.8 Å². The highest BCUT2D eigenvalue weighted by Gasteiger charge is 2.25. The Bertz CT molecular complexity index is 814. The third kappa shape index (κ3) is 4.83. The largest absolute Gasteiger partial charge is 0.363 e. The number of thioether (sulfide) groups is 1. The van der Waals surface area contributed by atoms with Gasteiger partial charge in [0, 0.05) is 25.4 Å². The van der Waals surface area contributed by atoms with Crippen molar-refractivity contribution >= 4 is 33.5 Å². The average molecular weight is 396 g/mol. The Labute approximate surface area is 156 Å². The van der Waals surface area contributed by atoms with E-state index in [9.17, 15) is 13.2 Å². The van der Waals surface area contributed by atoms with E-state index in [1.54, 1.807) is 18.2 Å². The zero-order valence-electron chi connectivity index (χ0n) is 14.1. The fourth-order valence-electron chi connectivity index (χ4n) is 2.63. The van der Waals surface area contributed by atoms with Gasteiger partial charge in [-0.15, -0.1) is 0 Å². The summed E-state index contributed by atoms with van der Waals surface area (Å²) in [6, 6.07) is 4.72. The van der Waals surface area contributed by atoms with E-state index in [-0.39, 0.29) is 16.6 Å². The first-order chi connectivity index (χ1) is 12.6. The van der Waals surface area contributed by atoms with E-state index < -0.39 is 10.0 Å². The number of carbonyl (C=O) groups is 1. The summed E-state index contributed by atoms with van der Waals surface area (Å²) < 4.78 is 31.6. The molecule has 0 atom stereocenters.